The number of hydrogen-bond donors (Lipinski definition) is 1. The van der Waals surface area contributed by atoms with Crippen LogP contribution in [0.15, 0.2) is 24.3 Å². The van der Waals surface area contributed by atoms with Crippen molar-refractivity contribution in [2.45, 2.75) is 50.2 Å². The molecule has 1 atom stereocenters. The van der Waals surface area contributed by atoms with Gasteiger partial charge in [0, 0.05) is 5.56 Å². The van der Waals surface area contributed by atoms with Crippen molar-refractivity contribution in [2.75, 3.05) is 13.2 Å². The second kappa shape index (κ2) is 6.51. The molecule has 0 bridgehead atoms. The van der Waals surface area contributed by atoms with E-state index in [0.29, 0.717) is 13.2 Å². The molecule has 1 aliphatic heterocycles. The predicted molar refractivity (Wildman–Crippen MR) is 83.2 cm³/mol. The molecule has 3 nitrogen and oxygen atoms in total. The summed E-state index contributed by atoms with van der Waals surface area (Å²) in [5.74, 6) is 6.73. The predicted octanol–water partition coefficient (Wildman–Crippen LogP) is 2.87. The summed E-state index contributed by atoms with van der Waals surface area (Å²) in [4.78, 5) is 0. The van der Waals surface area contributed by atoms with Crippen LogP contribution < -0.4 is 10.5 Å². The molecule has 0 aromatic heterocycles. The van der Waals surface area contributed by atoms with Crippen molar-refractivity contribution in [3.63, 3.8) is 0 Å². The molecule has 0 radical (unpaired) electrons. The monoisotopic (exact) mass is 285 g/mol. The highest BCUT2D eigenvalue weighted by molar-refractivity contribution is 5.38. The van der Waals surface area contributed by atoms with Gasteiger partial charge in [0.15, 0.2) is 0 Å². The van der Waals surface area contributed by atoms with Gasteiger partial charge < -0.3 is 15.2 Å². The molecule has 21 heavy (non-hydrogen) atoms. The van der Waals surface area contributed by atoms with E-state index in [1.165, 1.54) is 32.1 Å². The third-order valence-corrected chi connectivity index (χ3v) is 4.48. The van der Waals surface area contributed by atoms with E-state index in [1.807, 2.05) is 24.3 Å². The first-order valence-electron chi connectivity index (χ1n) is 7.89. The molecule has 1 saturated carbocycles. The van der Waals surface area contributed by atoms with Crippen LogP contribution in [0.2, 0.25) is 0 Å². The zero-order valence-corrected chi connectivity index (χ0v) is 12.4. The van der Waals surface area contributed by atoms with Gasteiger partial charge in [0.2, 0.25) is 0 Å². The Hall–Kier alpha value is -1.50. The minimum absolute atomic E-state index is 0.190. The van der Waals surface area contributed by atoms with Gasteiger partial charge in [-0.1, -0.05) is 24.7 Å². The molecule has 1 saturated heterocycles. The van der Waals surface area contributed by atoms with E-state index < -0.39 is 0 Å². The molecular formula is C18H23NO2. The molecule has 3 heteroatoms. The summed E-state index contributed by atoms with van der Waals surface area (Å²) in [6.07, 6.45) is 7.68. The first-order chi connectivity index (χ1) is 10.3. The van der Waals surface area contributed by atoms with Gasteiger partial charge in [0.1, 0.15) is 12.4 Å². The average molecular weight is 285 g/mol. The van der Waals surface area contributed by atoms with E-state index in [2.05, 4.69) is 11.8 Å². The standard InChI is InChI=1S/C18H23NO2/c19-13-3-4-15-5-7-16(8-6-15)20-14-17-9-12-18(21-17)10-1-2-11-18/h5-8,17H,1-2,9-14,19H2. The minimum atomic E-state index is 0.190. The quantitative estimate of drug-likeness (QED) is 0.869. The lowest BCUT2D eigenvalue weighted by atomic mass is 9.98. The molecule has 3 rings (SSSR count). The van der Waals surface area contributed by atoms with Crippen LogP contribution in [0.5, 0.6) is 5.75 Å². The molecule has 2 fully saturated rings. The van der Waals surface area contributed by atoms with Crippen molar-refractivity contribution in [3.8, 4) is 17.6 Å². The number of hydrogen-bond acceptors (Lipinski definition) is 3. The summed E-state index contributed by atoms with van der Waals surface area (Å²) in [6.45, 7) is 1.04. The van der Waals surface area contributed by atoms with Crippen LogP contribution in [-0.2, 0) is 4.74 Å². The maximum atomic E-state index is 6.25. The number of ether oxygens (including phenoxy) is 2. The lowest BCUT2D eigenvalue weighted by Crippen LogP contribution is -2.27. The fourth-order valence-electron chi connectivity index (χ4n) is 3.38. The van der Waals surface area contributed by atoms with E-state index in [9.17, 15) is 0 Å². The lowest BCUT2D eigenvalue weighted by Gasteiger charge is -2.23. The fraction of sp³-hybridized carbons (Fsp3) is 0.556. The molecule has 1 aliphatic carbocycles. The Morgan fingerprint density at radius 3 is 2.67 bits per heavy atom. The summed E-state index contributed by atoms with van der Waals surface area (Å²) in [7, 11) is 0. The molecule has 2 aliphatic rings. The van der Waals surface area contributed by atoms with Crippen molar-refractivity contribution in [3.05, 3.63) is 29.8 Å². The van der Waals surface area contributed by atoms with Gasteiger partial charge in [0.05, 0.1) is 18.2 Å². The summed E-state index contributed by atoms with van der Waals surface area (Å²) in [5.41, 5.74) is 6.52. The lowest BCUT2D eigenvalue weighted by molar-refractivity contribution is -0.0508. The topological polar surface area (TPSA) is 44.5 Å². The molecule has 1 heterocycles. The molecular weight excluding hydrogens is 262 g/mol. The van der Waals surface area contributed by atoms with E-state index in [-0.39, 0.29) is 11.7 Å². The second-order valence-electron chi connectivity index (χ2n) is 6.01. The Bertz CT molecular complexity index is 520. The van der Waals surface area contributed by atoms with Gasteiger partial charge in [0.25, 0.3) is 0 Å². The normalized spacial score (nSPS) is 23.0. The van der Waals surface area contributed by atoms with E-state index >= 15 is 0 Å². The zero-order chi connectivity index (χ0) is 14.5. The van der Waals surface area contributed by atoms with Gasteiger partial charge in [-0.05, 0) is 49.9 Å². The van der Waals surface area contributed by atoms with Crippen LogP contribution in [0, 0.1) is 11.8 Å². The van der Waals surface area contributed by atoms with Crippen LogP contribution in [0.3, 0.4) is 0 Å². The van der Waals surface area contributed by atoms with Crippen LogP contribution in [0.1, 0.15) is 44.1 Å². The van der Waals surface area contributed by atoms with Gasteiger partial charge in [-0.15, -0.1) is 0 Å². The minimum Gasteiger partial charge on any atom is -0.491 e. The van der Waals surface area contributed by atoms with Crippen LogP contribution in [0.4, 0.5) is 0 Å². The zero-order valence-electron chi connectivity index (χ0n) is 12.4. The smallest absolute Gasteiger partial charge is 0.119 e. The second-order valence-corrected chi connectivity index (χ2v) is 6.01. The molecule has 1 aromatic carbocycles. The third kappa shape index (κ3) is 3.58. The van der Waals surface area contributed by atoms with Gasteiger partial charge in [-0.2, -0.15) is 0 Å². The van der Waals surface area contributed by atoms with E-state index in [0.717, 1.165) is 17.7 Å². The van der Waals surface area contributed by atoms with E-state index in [4.69, 9.17) is 15.2 Å². The summed E-state index contributed by atoms with van der Waals surface area (Å²) < 4.78 is 12.1. The SMILES string of the molecule is NCC#Cc1ccc(OCC2CCC3(CCCC3)O2)cc1. The molecule has 112 valence electrons. The highest BCUT2D eigenvalue weighted by Gasteiger charge is 2.42. The molecule has 0 amide bonds. The Labute approximate surface area is 126 Å². The van der Waals surface area contributed by atoms with Crippen molar-refractivity contribution in [1.82, 2.24) is 0 Å². The Morgan fingerprint density at radius 1 is 1.19 bits per heavy atom. The van der Waals surface area contributed by atoms with Crippen molar-refractivity contribution in [1.29, 1.82) is 0 Å². The average Bonchev–Trinajstić information content (AvgIpc) is 3.14. The fourth-order valence-corrected chi connectivity index (χ4v) is 3.38. The maximum Gasteiger partial charge on any atom is 0.119 e. The summed E-state index contributed by atoms with van der Waals surface area (Å²) in [6, 6.07) is 7.85. The highest BCUT2D eigenvalue weighted by atomic mass is 16.6. The first kappa shape index (κ1) is 14.4. The Balaban J connectivity index is 1.49. The molecule has 1 spiro atoms. The van der Waals surface area contributed by atoms with Crippen molar-refractivity contribution in [2.24, 2.45) is 5.73 Å². The largest absolute Gasteiger partial charge is 0.491 e. The molecule has 1 unspecified atom stereocenters. The summed E-state index contributed by atoms with van der Waals surface area (Å²) in [5, 5.41) is 0. The maximum absolute atomic E-state index is 6.25. The van der Waals surface area contributed by atoms with Gasteiger partial charge >= 0.3 is 0 Å². The first-order valence-corrected chi connectivity index (χ1v) is 7.89. The molecule has 2 N–H and O–H groups in total. The Kier molecular flexibility index (Phi) is 4.48. The van der Waals surface area contributed by atoms with Gasteiger partial charge in [-0.25, -0.2) is 0 Å². The summed E-state index contributed by atoms with van der Waals surface area (Å²) >= 11 is 0. The van der Waals surface area contributed by atoms with Crippen molar-refractivity contribution >= 4 is 0 Å². The molecule has 1 aromatic rings. The number of benzene rings is 1. The van der Waals surface area contributed by atoms with Crippen LogP contribution >= 0.6 is 0 Å². The van der Waals surface area contributed by atoms with Crippen molar-refractivity contribution < 1.29 is 9.47 Å². The third-order valence-electron chi connectivity index (χ3n) is 4.48. The van der Waals surface area contributed by atoms with Crippen LogP contribution in [-0.4, -0.2) is 24.9 Å². The number of nitrogens with two attached hydrogens (primary N) is 1. The van der Waals surface area contributed by atoms with E-state index in [1.54, 1.807) is 0 Å². The number of rotatable bonds is 3. The van der Waals surface area contributed by atoms with Gasteiger partial charge in [-0.3, -0.25) is 0 Å². The van der Waals surface area contributed by atoms with Crippen LogP contribution in [0.25, 0.3) is 0 Å². The Morgan fingerprint density at radius 2 is 1.95 bits per heavy atom. The highest BCUT2D eigenvalue weighted by Crippen LogP contribution is 2.43.